The Balaban J connectivity index is 1.43. The molecule has 1 fully saturated rings. The fourth-order valence-corrected chi connectivity index (χ4v) is 4.62. The van der Waals surface area contributed by atoms with Crippen LogP contribution < -0.4 is 0 Å². The van der Waals surface area contributed by atoms with E-state index >= 15 is 0 Å². The lowest BCUT2D eigenvalue weighted by Gasteiger charge is -2.34. The number of amides is 1. The first-order valence-electron chi connectivity index (χ1n) is 7.68. The van der Waals surface area contributed by atoms with Gasteiger partial charge < -0.3 is 4.90 Å². The van der Waals surface area contributed by atoms with E-state index in [9.17, 15) is 4.79 Å². The zero-order chi connectivity index (χ0) is 16.1. The first-order chi connectivity index (χ1) is 11.2. The van der Waals surface area contributed by atoms with Crippen LogP contribution in [0.2, 0.25) is 0 Å². The van der Waals surface area contributed by atoms with Gasteiger partial charge in [-0.25, -0.2) is 0 Å². The van der Waals surface area contributed by atoms with Crippen LogP contribution in [-0.4, -0.2) is 48.4 Å². The lowest BCUT2D eigenvalue weighted by atomic mass is 10.2. The van der Waals surface area contributed by atoms with Gasteiger partial charge in [-0.3, -0.25) is 9.69 Å². The summed E-state index contributed by atoms with van der Waals surface area (Å²) >= 11 is 6.89. The zero-order valence-corrected chi connectivity index (χ0v) is 16.0. The van der Waals surface area contributed by atoms with Gasteiger partial charge in [0, 0.05) is 48.6 Å². The Morgan fingerprint density at radius 3 is 2.70 bits per heavy atom. The van der Waals surface area contributed by atoms with Crippen LogP contribution in [0.25, 0.3) is 6.08 Å². The molecule has 0 saturated carbocycles. The van der Waals surface area contributed by atoms with Crippen molar-refractivity contribution in [3.63, 3.8) is 0 Å². The highest BCUT2D eigenvalue weighted by Crippen LogP contribution is 2.23. The monoisotopic (exact) mass is 410 g/mol. The second kappa shape index (κ2) is 8.24. The standard InChI is InChI=1S/C17H19BrN2OS2/c18-16-5-3-15(23-16)4-6-17(21)20-11-9-19(10-12-20)8-7-14-2-1-13-22-14/h1-6,13H,7-12H2/b6-4+. The first kappa shape index (κ1) is 16.9. The number of carbonyl (C=O) groups excluding carboxylic acids is 1. The van der Waals surface area contributed by atoms with Gasteiger partial charge in [-0.2, -0.15) is 0 Å². The Morgan fingerprint density at radius 1 is 1.22 bits per heavy atom. The molecule has 3 nitrogen and oxygen atoms in total. The van der Waals surface area contributed by atoms with Crippen molar-refractivity contribution in [2.45, 2.75) is 6.42 Å². The minimum Gasteiger partial charge on any atom is -0.337 e. The van der Waals surface area contributed by atoms with E-state index in [1.165, 1.54) is 4.88 Å². The molecule has 3 heterocycles. The number of hydrogen-bond acceptors (Lipinski definition) is 4. The van der Waals surface area contributed by atoms with Crippen molar-refractivity contribution in [2.75, 3.05) is 32.7 Å². The van der Waals surface area contributed by atoms with Crippen molar-refractivity contribution in [1.82, 2.24) is 9.80 Å². The number of hydrogen-bond donors (Lipinski definition) is 0. The quantitative estimate of drug-likeness (QED) is 0.696. The van der Waals surface area contributed by atoms with E-state index in [4.69, 9.17) is 0 Å². The van der Waals surface area contributed by atoms with Gasteiger partial charge in [-0.05, 0) is 52.0 Å². The van der Waals surface area contributed by atoms with Gasteiger partial charge in [0.05, 0.1) is 3.79 Å². The summed E-state index contributed by atoms with van der Waals surface area (Å²) in [6, 6.07) is 8.31. The van der Waals surface area contributed by atoms with Gasteiger partial charge in [0.15, 0.2) is 0 Å². The first-order valence-corrected chi connectivity index (χ1v) is 10.2. The Morgan fingerprint density at radius 2 is 2.04 bits per heavy atom. The van der Waals surface area contributed by atoms with Crippen LogP contribution in [0.15, 0.2) is 39.5 Å². The van der Waals surface area contributed by atoms with Crippen molar-refractivity contribution in [2.24, 2.45) is 0 Å². The Labute approximate surface area is 153 Å². The number of halogens is 1. The predicted octanol–water partition coefficient (Wildman–Crippen LogP) is 3.97. The largest absolute Gasteiger partial charge is 0.337 e. The molecule has 0 N–H and O–H groups in total. The number of nitrogens with zero attached hydrogens (tertiary/aromatic N) is 2. The van der Waals surface area contributed by atoms with Gasteiger partial charge in [-0.15, -0.1) is 22.7 Å². The Bertz CT molecular complexity index is 658. The molecule has 0 radical (unpaired) electrons. The van der Waals surface area contributed by atoms with Crippen molar-refractivity contribution >= 4 is 50.6 Å². The number of carbonyl (C=O) groups is 1. The Kier molecular flexibility index (Phi) is 6.05. The fourth-order valence-electron chi connectivity index (χ4n) is 2.59. The van der Waals surface area contributed by atoms with E-state index in [0.29, 0.717) is 0 Å². The lowest BCUT2D eigenvalue weighted by Crippen LogP contribution is -2.48. The number of piperazine rings is 1. The van der Waals surface area contributed by atoms with Crippen LogP contribution in [0, 0.1) is 0 Å². The van der Waals surface area contributed by atoms with Crippen molar-refractivity contribution < 1.29 is 4.79 Å². The van der Waals surface area contributed by atoms with Crippen molar-refractivity contribution in [3.8, 4) is 0 Å². The van der Waals surface area contributed by atoms with E-state index in [1.807, 2.05) is 34.4 Å². The summed E-state index contributed by atoms with van der Waals surface area (Å²) in [5.41, 5.74) is 0. The molecule has 0 aromatic carbocycles. The molecule has 2 aromatic heterocycles. The van der Waals surface area contributed by atoms with Crippen LogP contribution in [0.4, 0.5) is 0 Å². The molecule has 1 aliphatic heterocycles. The second-order valence-corrected chi connectivity index (χ2v) is 9.00. The molecule has 3 rings (SSSR count). The van der Waals surface area contributed by atoms with E-state index in [-0.39, 0.29) is 5.91 Å². The molecular formula is C17H19BrN2OS2. The maximum absolute atomic E-state index is 12.2. The summed E-state index contributed by atoms with van der Waals surface area (Å²) in [6.45, 7) is 4.66. The van der Waals surface area contributed by atoms with Crippen LogP contribution in [0.3, 0.4) is 0 Å². The molecule has 1 amide bonds. The van der Waals surface area contributed by atoms with E-state index in [2.05, 4.69) is 38.3 Å². The van der Waals surface area contributed by atoms with E-state index in [1.54, 1.807) is 17.4 Å². The summed E-state index contributed by atoms with van der Waals surface area (Å²) in [5, 5.41) is 2.13. The van der Waals surface area contributed by atoms with Gasteiger partial charge in [0.2, 0.25) is 5.91 Å². The molecule has 0 bridgehead atoms. The minimum atomic E-state index is 0.118. The molecule has 122 valence electrons. The molecule has 0 spiro atoms. The third kappa shape index (κ3) is 5.01. The molecule has 0 atom stereocenters. The molecule has 0 aliphatic carbocycles. The van der Waals surface area contributed by atoms with Crippen LogP contribution in [0.5, 0.6) is 0 Å². The SMILES string of the molecule is O=C(/C=C/c1ccc(Br)s1)N1CCN(CCc2cccs2)CC1. The van der Waals surface area contributed by atoms with Crippen molar-refractivity contribution in [3.05, 3.63) is 49.3 Å². The molecule has 1 saturated heterocycles. The summed E-state index contributed by atoms with van der Waals surface area (Å²) in [5.74, 6) is 0.118. The molecule has 1 aliphatic rings. The lowest BCUT2D eigenvalue weighted by molar-refractivity contribution is -0.127. The number of rotatable bonds is 5. The fraction of sp³-hybridized carbons (Fsp3) is 0.353. The van der Waals surface area contributed by atoms with Gasteiger partial charge in [-0.1, -0.05) is 6.07 Å². The average Bonchev–Trinajstić information content (AvgIpc) is 3.22. The van der Waals surface area contributed by atoms with Crippen LogP contribution in [0.1, 0.15) is 9.75 Å². The predicted molar refractivity (Wildman–Crippen MR) is 102 cm³/mol. The smallest absolute Gasteiger partial charge is 0.246 e. The molecule has 2 aromatic rings. The summed E-state index contributed by atoms with van der Waals surface area (Å²) in [6.07, 6.45) is 4.71. The molecular weight excluding hydrogens is 392 g/mol. The van der Waals surface area contributed by atoms with Gasteiger partial charge in [0.25, 0.3) is 0 Å². The second-order valence-electron chi connectivity index (χ2n) is 5.47. The Hall–Kier alpha value is -0.950. The van der Waals surface area contributed by atoms with Crippen molar-refractivity contribution in [1.29, 1.82) is 0 Å². The molecule has 6 heteroatoms. The number of thiophene rings is 2. The maximum Gasteiger partial charge on any atom is 0.246 e. The minimum absolute atomic E-state index is 0.118. The summed E-state index contributed by atoms with van der Waals surface area (Å²) < 4.78 is 1.09. The average molecular weight is 411 g/mol. The zero-order valence-electron chi connectivity index (χ0n) is 12.8. The van der Waals surface area contributed by atoms with Gasteiger partial charge in [0.1, 0.15) is 0 Å². The highest BCUT2D eigenvalue weighted by Gasteiger charge is 2.19. The highest BCUT2D eigenvalue weighted by molar-refractivity contribution is 9.11. The third-order valence-corrected chi connectivity index (χ3v) is 6.45. The molecule has 23 heavy (non-hydrogen) atoms. The van der Waals surface area contributed by atoms with Crippen LogP contribution in [-0.2, 0) is 11.2 Å². The third-order valence-electron chi connectivity index (χ3n) is 3.92. The normalized spacial score (nSPS) is 16.3. The molecule has 0 unspecified atom stereocenters. The van der Waals surface area contributed by atoms with Crippen LogP contribution >= 0.6 is 38.6 Å². The summed E-state index contributed by atoms with van der Waals surface area (Å²) in [7, 11) is 0. The summed E-state index contributed by atoms with van der Waals surface area (Å²) in [4.78, 5) is 19.2. The van der Waals surface area contributed by atoms with E-state index < -0.39 is 0 Å². The van der Waals surface area contributed by atoms with Gasteiger partial charge >= 0.3 is 0 Å². The highest BCUT2D eigenvalue weighted by atomic mass is 79.9. The topological polar surface area (TPSA) is 23.6 Å². The maximum atomic E-state index is 12.2. The van der Waals surface area contributed by atoms with E-state index in [0.717, 1.165) is 47.8 Å².